The molecular weight excluding hydrogens is 374 g/mol. The quantitative estimate of drug-likeness (QED) is 0.603. The van der Waals surface area contributed by atoms with Crippen LogP contribution in [0, 0.1) is 0 Å². The molecular formula is C21H23N3O5. The van der Waals surface area contributed by atoms with Gasteiger partial charge in [0.05, 0.1) is 25.3 Å². The van der Waals surface area contributed by atoms with Gasteiger partial charge in [-0.1, -0.05) is 18.2 Å². The molecule has 0 aliphatic heterocycles. The Bertz CT molecular complexity index is 1160. The van der Waals surface area contributed by atoms with E-state index in [1.807, 2.05) is 12.1 Å². The molecule has 0 spiro atoms. The summed E-state index contributed by atoms with van der Waals surface area (Å²) in [6.07, 6.45) is 0.547. The van der Waals surface area contributed by atoms with Gasteiger partial charge in [0.2, 0.25) is 5.91 Å². The molecule has 3 aromatic rings. The number of nitrogens with zero attached hydrogens (tertiary/aromatic N) is 2. The fourth-order valence-electron chi connectivity index (χ4n) is 3.21. The predicted octanol–water partition coefficient (Wildman–Crippen LogP) is 1.08. The van der Waals surface area contributed by atoms with Crippen LogP contribution in [-0.2, 0) is 24.8 Å². The third-order valence-corrected chi connectivity index (χ3v) is 4.78. The number of carbonyl (C=O) groups excluding carboxylic acids is 1. The van der Waals surface area contributed by atoms with E-state index >= 15 is 0 Å². The maximum absolute atomic E-state index is 12.4. The molecule has 8 nitrogen and oxygen atoms in total. The number of carbonyl (C=O) groups is 1. The van der Waals surface area contributed by atoms with Gasteiger partial charge in [0.25, 0.3) is 0 Å². The maximum atomic E-state index is 12.4. The molecule has 0 aliphatic rings. The first kappa shape index (κ1) is 20.2. The number of amides is 1. The molecule has 0 radical (unpaired) electrons. The highest BCUT2D eigenvalue weighted by Crippen LogP contribution is 2.24. The van der Waals surface area contributed by atoms with Crippen LogP contribution in [0.15, 0.2) is 52.1 Å². The number of para-hydroxylation sites is 2. The van der Waals surface area contributed by atoms with E-state index < -0.39 is 11.1 Å². The van der Waals surface area contributed by atoms with Crippen LogP contribution < -0.4 is 25.9 Å². The molecule has 29 heavy (non-hydrogen) atoms. The molecule has 0 unspecified atom stereocenters. The zero-order valence-electron chi connectivity index (χ0n) is 16.6. The van der Waals surface area contributed by atoms with Gasteiger partial charge in [-0.05, 0) is 30.2 Å². The number of fused-ring (bicyclic) bond motifs is 1. The van der Waals surface area contributed by atoms with Crippen LogP contribution in [0.5, 0.6) is 11.5 Å². The first-order valence-corrected chi connectivity index (χ1v) is 9.12. The summed E-state index contributed by atoms with van der Waals surface area (Å²) in [5.74, 6) is 1.01. The minimum absolute atomic E-state index is 0.227. The van der Waals surface area contributed by atoms with Crippen molar-refractivity contribution in [2.75, 3.05) is 20.8 Å². The van der Waals surface area contributed by atoms with Crippen LogP contribution in [0.25, 0.3) is 11.0 Å². The van der Waals surface area contributed by atoms with E-state index in [0.717, 1.165) is 5.56 Å². The highest BCUT2D eigenvalue weighted by molar-refractivity contribution is 5.80. The molecule has 152 valence electrons. The number of aryl methyl sites for hydroxylation is 1. The molecule has 8 heteroatoms. The van der Waals surface area contributed by atoms with Gasteiger partial charge in [-0.2, -0.15) is 0 Å². The fraction of sp³-hybridized carbons (Fsp3) is 0.286. The lowest BCUT2D eigenvalue weighted by Gasteiger charge is -2.13. The second kappa shape index (κ2) is 8.64. The summed E-state index contributed by atoms with van der Waals surface area (Å²) < 4.78 is 13.0. The fourth-order valence-corrected chi connectivity index (χ4v) is 3.21. The zero-order chi connectivity index (χ0) is 21.0. The maximum Gasteiger partial charge on any atom is 0.317 e. The molecule has 0 bridgehead atoms. The van der Waals surface area contributed by atoms with Crippen LogP contribution in [-0.4, -0.2) is 35.8 Å². The molecule has 3 rings (SSSR count). The summed E-state index contributed by atoms with van der Waals surface area (Å²) in [6.45, 7) is 0.133. The largest absolute Gasteiger partial charge is 0.497 e. The number of hydrogen-bond acceptors (Lipinski definition) is 5. The number of aromatic nitrogens is 2. The Balaban J connectivity index is 1.73. The van der Waals surface area contributed by atoms with Crippen molar-refractivity contribution >= 4 is 16.9 Å². The SMILES string of the molecule is COc1ccc(CCNC(=O)Cn2c(=O)c(=O)n(C)c3ccccc32)c(OC)c1. The van der Waals surface area contributed by atoms with E-state index in [0.29, 0.717) is 35.5 Å². The molecule has 1 heterocycles. The van der Waals surface area contributed by atoms with Crippen LogP contribution in [0.3, 0.4) is 0 Å². The lowest BCUT2D eigenvalue weighted by atomic mass is 10.1. The van der Waals surface area contributed by atoms with Gasteiger partial charge in [-0.3, -0.25) is 19.0 Å². The van der Waals surface area contributed by atoms with Gasteiger partial charge in [-0.25, -0.2) is 0 Å². The molecule has 0 aliphatic carbocycles. The first-order valence-electron chi connectivity index (χ1n) is 9.12. The lowest BCUT2D eigenvalue weighted by molar-refractivity contribution is -0.121. The van der Waals surface area contributed by atoms with E-state index in [-0.39, 0.29) is 12.5 Å². The van der Waals surface area contributed by atoms with Gasteiger partial charge in [-0.15, -0.1) is 0 Å². The van der Waals surface area contributed by atoms with Gasteiger partial charge >= 0.3 is 11.1 Å². The summed E-state index contributed by atoms with van der Waals surface area (Å²) >= 11 is 0. The highest BCUT2D eigenvalue weighted by atomic mass is 16.5. The number of rotatable bonds is 7. The third-order valence-electron chi connectivity index (χ3n) is 4.78. The highest BCUT2D eigenvalue weighted by Gasteiger charge is 2.13. The molecule has 2 aromatic carbocycles. The Labute approximate surface area is 167 Å². The average Bonchev–Trinajstić information content (AvgIpc) is 2.75. The first-order chi connectivity index (χ1) is 14.0. The third kappa shape index (κ3) is 4.16. The minimum atomic E-state index is -0.724. The Kier molecular flexibility index (Phi) is 6.01. The van der Waals surface area contributed by atoms with E-state index in [4.69, 9.17) is 9.47 Å². The zero-order valence-corrected chi connectivity index (χ0v) is 16.6. The van der Waals surface area contributed by atoms with Gasteiger partial charge in [0, 0.05) is 19.7 Å². The molecule has 0 atom stereocenters. The lowest BCUT2D eigenvalue weighted by Crippen LogP contribution is -2.43. The summed E-state index contributed by atoms with van der Waals surface area (Å²) in [5, 5.41) is 2.79. The van der Waals surface area contributed by atoms with Gasteiger partial charge in [0.15, 0.2) is 0 Å². The predicted molar refractivity (Wildman–Crippen MR) is 110 cm³/mol. The van der Waals surface area contributed by atoms with Crippen molar-refractivity contribution in [3.63, 3.8) is 0 Å². The second-order valence-corrected chi connectivity index (χ2v) is 6.52. The molecule has 1 amide bonds. The Morgan fingerprint density at radius 3 is 2.41 bits per heavy atom. The second-order valence-electron chi connectivity index (χ2n) is 6.52. The van der Waals surface area contributed by atoms with Crippen LogP contribution in [0.2, 0.25) is 0 Å². The number of hydrogen-bond donors (Lipinski definition) is 1. The Hall–Kier alpha value is -3.55. The van der Waals surface area contributed by atoms with E-state index in [2.05, 4.69) is 5.32 Å². The van der Waals surface area contributed by atoms with Crippen molar-refractivity contribution in [2.45, 2.75) is 13.0 Å². The average molecular weight is 397 g/mol. The minimum Gasteiger partial charge on any atom is -0.497 e. The van der Waals surface area contributed by atoms with Crippen molar-refractivity contribution in [1.29, 1.82) is 0 Å². The smallest absolute Gasteiger partial charge is 0.317 e. The molecule has 0 saturated heterocycles. The number of benzene rings is 2. The number of methoxy groups -OCH3 is 2. The van der Waals surface area contributed by atoms with E-state index in [1.54, 1.807) is 51.6 Å². The van der Waals surface area contributed by atoms with E-state index in [1.165, 1.54) is 9.13 Å². The molecule has 0 fully saturated rings. The standard InChI is InChI=1S/C21H23N3O5/c1-23-16-6-4-5-7-17(16)24(21(27)20(23)26)13-19(25)22-11-10-14-8-9-15(28-2)12-18(14)29-3/h4-9,12H,10-11,13H2,1-3H3,(H,22,25). The Morgan fingerprint density at radius 2 is 1.72 bits per heavy atom. The van der Waals surface area contributed by atoms with E-state index in [9.17, 15) is 14.4 Å². The summed E-state index contributed by atoms with van der Waals surface area (Å²) in [7, 11) is 4.69. The van der Waals surface area contributed by atoms with Crippen molar-refractivity contribution in [3.8, 4) is 11.5 Å². The number of nitrogens with one attached hydrogen (secondary N) is 1. The summed E-state index contributed by atoms with van der Waals surface area (Å²) in [5.41, 5.74) is 0.655. The summed E-state index contributed by atoms with van der Waals surface area (Å²) in [6, 6.07) is 12.5. The van der Waals surface area contributed by atoms with Crippen molar-refractivity contribution in [2.24, 2.45) is 7.05 Å². The summed E-state index contributed by atoms with van der Waals surface area (Å²) in [4.78, 5) is 37.0. The van der Waals surface area contributed by atoms with Gasteiger partial charge < -0.3 is 19.4 Å². The molecule has 0 saturated carbocycles. The van der Waals surface area contributed by atoms with Crippen molar-refractivity contribution in [1.82, 2.24) is 14.5 Å². The molecule has 1 aromatic heterocycles. The Morgan fingerprint density at radius 1 is 1.00 bits per heavy atom. The van der Waals surface area contributed by atoms with Crippen LogP contribution in [0.1, 0.15) is 5.56 Å². The monoisotopic (exact) mass is 397 g/mol. The topological polar surface area (TPSA) is 91.6 Å². The van der Waals surface area contributed by atoms with Crippen molar-refractivity contribution in [3.05, 3.63) is 68.7 Å². The van der Waals surface area contributed by atoms with Gasteiger partial charge in [0.1, 0.15) is 18.0 Å². The normalized spacial score (nSPS) is 10.7. The number of ether oxygens (including phenoxy) is 2. The van der Waals surface area contributed by atoms with Crippen molar-refractivity contribution < 1.29 is 14.3 Å². The van der Waals surface area contributed by atoms with Crippen LogP contribution >= 0.6 is 0 Å². The van der Waals surface area contributed by atoms with Crippen LogP contribution in [0.4, 0.5) is 0 Å². The molecule has 1 N–H and O–H groups in total.